The highest BCUT2D eigenvalue weighted by Crippen LogP contribution is 2.24. The zero-order chi connectivity index (χ0) is 16.8. The van der Waals surface area contributed by atoms with Gasteiger partial charge >= 0.3 is 5.97 Å². The van der Waals surface area contributed by atoms with Crippen molar-refractivity contribution in [1.82, 2.24) is 9.21 Å². The third-order valence-electron chi connectivity index (χ3n) is 3.73. The van der Waals surface area contributed by atoms with Crippen molar-refractivity contribution < 1.29 is 23.1 Å². The van der Waals surface area contributed by atoms with Crippen molar-refractivity contribution in [3.63, 3.8) is 0 Å². The highest BCUT2D eigenvalue weighted by atomic mass is 32.2. The van der Waals surface area contributed by atoms with E-state index in [-0.39, 0.29) is 18.2 Å². The molecule has 0 aromatic heterocycles. The Morgan fingerprint density at radius 1 is 1.27 bits per heavy atom. The Balaban J connectivity index is 2.87. The summed E-state index contributed by atoms with van der Waals surface area (Å²) in [6, 6.07) is -0.743. The van der Waals surface area contributed by atoms with Crippen LogP contribution in [0.4, 0.5) is 0 Å². The molecule has 1 fully saturated rings. The molecule has 1 amide bonds. The number of rotatable bonds is 9. The molecule has 1 heterocycles. The van der Waals surface area contributed by atoms with Gasteiger partial charge in [0.25, 0.3) is 0 Å². The Labute approximate surface area is 132 Å². The summed E-state index contributed by atoms with van der Waals surface area (Å²) in [7, 11) is -3.45. The predicted molar refractivity (Wildman–Crippen MR) is 82.9 cm³/mol. The van der Waals surface area contributed by atoms with Crippen LogP contribution in [0.15, 0.2) is 0 Å². The fourth-order valence-corrected chi connectivity index (χ4v) is 4.55. The summed E-state index contributed by atoms with van der Waals surface area (Å²) in [4.78, 5) is 24.7. The topological polar surface area (TPSA) is 95.0 Å². The highest BCUT2D eigenvalue weighted by Gasteiger charge is 2.40. The summed E-state index contributed by atoms with van der Waals surface area (Å²) >= 11 is 0. The van der Waals surface area contributed by atoms with E-state index in [1.165, 1.54) is 9.21 Å². The van der Waals surface area contributed by atoms with Gasteiger partial charge < -0.3 is 10.0 Å². The van der Waals surface area contributed by atoms with Crippen LogP contribution in [0.25, 0.3) is 0 Å². The smallest absolute Gasteiger partial charge is 0.323 e. The molecule has 1 saturated heterocycles. The van der Waals surface area contributed by atoms with E-state index in [1.54, 1.807) is 0 Å². The Bertz CT molecular complexity index is 491. The fourth-order valence-electron chi connectivity index (χ4n) is 2.68. The molecule has 0 radical (unpaired) electrons. The van der Waals surface area contributed by atoms with E-state index < -0.39 is 22.0 Å². The van der Waals surface area contributed by atoms with Gasteiger partial charge in [-0.25, -0.2) is 8.42 Å². The third-order valence-corrected chi connectivity index (χ3v) is 5.69. The summed E-state index contributed by atoms with van der Waals surface area (Å²) < 4.78 is 26.0. The molecule has 7 nitrogen and oxygen atoms in total. The summed E-state index contributed by atoms with van der Waals surface area (Å²) in [5, 5.41) is 8.92. The molecule has 0 aromatic rings. The Hall–Kier alpha value is -1.15. The lowest BCUT2D eigenvalue weighted by atomic mass is 10.2. The number of carbonyl (C=O) groups is 2. The number of aliphatic carboxylic acids is 1. The van der Waals surface area contributed by atoms with Gasteiger partial charge in [0.1, 0.15) is 12.6 Å². The minimum atomic E-state index is -3.45. The second-order valence-corrected chi connectivity index (χ2v) is 7.63. The van der Waals surface area contributed by atoms with Gasteiger partial charge in [-0.3, -0.25) is 9.59 Å². The molecular weight excluding hydrogens is 308 g/mol. The molecule has 0 aromatic carbocycles. The first-order chi connectivity index (χ1) is 10.3. The van der Waals surface area contributed by atoms with Crippen LogP contribution in [0, 0.1) is 0 Å². The minimum absolute atomic E-state index is 0.0417. The molecular formula is C14H26N2O5S. The number of carboxylic acid groups (broad SMARTS) is 1. The van der Waals surface area contributed by atoms with Gasteiger partial charge in [0.15, 0.2) is 0 Å². The fraction of sp³-hybridized carbons (Fsp3) is 0.857. The number of amides is 1. The van der Waals surface area contributed by atoms with Gasteiger partial charge in [-0.15, -0.1) is 0 Å². The number of carbonyl (C=O) groups excluding carboxylic acids is 1. The normalized spacial score (nSPS) is 19.3. The van der Waals surface area contributed by atoms with E-state index in [1.807, 2.05) is 13.8 Å². The Morgan fingerprint density at radius 2 is 1.95 bits per heavy atom. The first-order valence-corrected chi connectivity index (χ1v) is 9.44. The van der Waals surface area contributed by atoms with Crippen LogP contribution in [0.5, 0.6) is 0 Å². The molecule has 0 spiro atoms. The molecule has 8 heteroatoms. The van der Waals surface area contributed by atoms with Crippen LogP contribution < -0.4 is 0 Å². The van der Waals surface area contributed by atoms with E-state index in [0.29, 0.717) is 38.8 Å². The third kappa shape index (κ3) is 4.95. The summed E-state index contributed by atoms with van der Waals surface area (Å²) in [6.07, 6.45) is 3.06. The van der Waals surface area contributed by atoms with Crippen molar-refractivity contribution in [3.8, 4) is 0 Å². The molecule has 1 aliphatic heterocycles. The zero-order valence-electron chi connectivity index (χ0n) is 13.3. The first kappa shape index (κ1) is 18.9. The van der Waals surface area contributed by atoms with Crippen LogP contribution in [0.1, 0.15) is 46.0 Å². The molecule has 1 N–H and O–H groups in total. The molecule has 0 saturated carbocycles. The van der Waals surface area contributed by atoms with Crippen LogP contribution >= 0.6 is 0 Å². The second kappa shape index (κ2) is 8.47. The van der Waals surface area contributed by atoms with Crippen molar-refractivity contribution in [2.75, 3.05) is 25.4 Å². The number of hydrogen-bond donors (Lipinski definition) is 1. The summed E-state index contributed by atoms with van der Waals surface area (Å²) in [6.45, 7) is 4.05. The average molecular weight is 334 g/mol. The second-order valence-electron chi connectivity index (χ2n) is 5.59. The molecule has 22 heavy (non-hydrogen) atoms. The van der Waals surface area contributed by atoms with Crippen LogP contribution in [0.3, 0.4) is 0 Å². The number of nitrogens with zero attached hydrogens (tertiary/aromatic N) is 2. The Kier molecular flexibility index (Phi) is 7.28. The monoisotopic (exact) mass is 334 g/mol. The van der Waals surface area contributed by atoms with Gasteiger partial charge in [0, 0.05) is 13.1 Å². The predicted octanol–water partition coefficient (Wildman–Crippen LogP) is 0.904. The van der Waals surface area contributed by atoms with Gasteiger partial charge in [-0.2, -0.15) is 4.31 Å². The number of sulfonamides is 1. The summed E-state index contributed by atoms with van der Waals surface area (Å²) in [5.74, 6) is -1.43. The van der Waals surface area contributed by atoms with E-state index in [0.717, 1.165) is 6.42 Å². The maximum Gasteiger partial charge on any atom is 0.323 e. The maximum absolute atomic E-state index is 12.6. The summed E-state index contributed by atoms with van der Waals surface area (Å²) in [5.41, 5.74) is 0. The van der Waals surface area contributed by atoms with Gasteiger partial charge in [0.05, 0.1) is 5.75 Å². The SMILES string of the molecule is CCCCS(=O)(=O)N1CCCC1C(=O)N(CCC)CC(=O)O. The number of hydrogen-bond acceptors (Lipinski definition) is 4. The van der Waals surface area contributed by atoms with Gasteiger partial charge in [-0.05, 0) is 25.7 Å². The van der Waals surface area contributed by atoms with Gasteiger partial charge in [-0.1, -0.05) is 20.3 Å². The van der Waals surface area contributed by atoms with Crippen molar-refractivity contribution in [2.45, 2.75) is 52.0 Å². The van der Waals surface area contributed by atoms with Gasteiger partial charge in [0.2, 0.25) is 15.9 Å². The first-order valence-electron chi connectivity index (χ1n) is 7.83. The lowest BCUT2D eigenvalue weighted by Crippen LogP contribution is -2.49. The van der Waals surface area contributed by atoms with Crippen molar-refractivity contribution in [2.24, 2.45) is 0 Å². The molecule has 1 unspecified atom stereocenters. The lowest BCUT2D eigenvalue weighted by molar-refractivity contribution is -0.145. The molecule has 1 aliphatic rings. The van der Waals surface area contributed by atoms with Crippen molar-refractivity contribution >= 4 is 21.9 Å². The van der Waals surface area contributed by atoms with Crippen molar-refractivity contribution in [3.05, 3.63) is 0 Å². The molecule has 0 aliphatic carbocycles. The molecule has 0 bridgehead atoms. The Morgan fingerprint density at radius 3 is 2.50 bits per heavy atom. The standard InChI is InChI=1S/C14H26N2O5S/c1-3-5-10-22(20,21)16-9-6-7-12(16)14(19)15(8-4-2)11-13(17)18/h12H,3-11H2,1-2H3,(H,17,18). The molecule has 1 rings (SSSR count). The van der Waals surface area contributed by atoms with E-state index in [4.69, 9.17) is 5.11 Å². The zero-order valence-corrected chi connectivity index (χ0v) is 14.1. The molecule has 128 valence electrons. The maximum atomic E-state index is 12.6. The van der Waals surface area contributed by atoms with Crippen LogP contribution in [-0.4, -0.2) is 66.0 Å². The number of carboxylic acids is 1. The van der Waals surface area contributed by atoms with Crippen LogP contribution in [0.2, 0.25) is 0 Å². The minimum Gasteiger partial charge on any atom is -0.480 e. The van der Waals surface area contributed by atoms with E-state index in [2.05, 4.69) is 0 Å². The lowest BCUT2D eigenvalue weighted by Gasteiger charge is -2.28. The van der Waals surface area contributed by atoms with E-state index in [9.17, 15) is 18.0 Å². The van der Waals surface area contributed by atoms with Crippen molar-refractivity contribution in [1.29, 1.82) is 0 Å². The van der Waals surface area contributed by atoms with Crippen LogP contribution in [-0.2, 0) is 19.6 Å². The number of unbranched alkanes of at least 4 members (excludes halogenated alkanes) is 1. The molecule has 1 atom stereocenters. The average Bonchev–Trinajstić information content (AvgIpc) is 2.93. The highest BCUT2D eigenvalue weighted by molar-refractivity contribution is 7.89. The largest absolute Gasteiger partial charge is 0.480 e. The van der Waals surface area contributed by atoms with E-state index >= 15 is 0 Å². The quantitative estimate of drug-likeness (QED) is 0.676.